The molecule has 2 heterocycles. The fraction of sp³-hybridized carbons (Fsp3) is 0.171. The summed E-state index contributed by atoms with van der Waals surface area (Å²) in [7, 11) is 0. The van der Waals surface area contributed by atoms with Gasteiger partial charge in [0, 0.05) is 50.7 Å². The first kappa shape index (κ1) is 38.8. The van der Waals surface area contributed by atoms with E-state index in [1.807, 2.05) is 24.3 Å². The number of carbonyl (C=O) groups is 4. The van der Waals surface area contributed by atoms with Crippen molar-refractivity contribution in [2.45, 2.75) is 31.3 Å². The summed E-state index contributed by atoms with van der Waals surface area (Å²) in [4.78, 5) is 57.2. The van der Waals surface area contributed by atoms with Gasteiger partial charge in [0.05, 0.1) is 17.9 Å². The number of thiophene rings is 1. The van der Waals surface area contributed by atoms with Crippen molar-refractivity contribution in [3.8, 4) is 0 Å². The molecule has 276 valence electrons. The standard InChI is InChI=1S/C41H36Cl2N4O5S2/c1-2-52-41(51)37-32-18-19-47(23-26-10-5-3-6-11-26)24-35(32)54-40(37)46-36(48)25-53-31-15-9-14-30(22-31)44-39(50)34(20-28-16-17-29(42)21-33(28)43)45-38(49)27-12-7-4-8-13-27/h3-17,20-22H,2,18-19,23-25H2,1H3,(H,44,50)(H,45,49)(H,46,48)/b34-20+. The van der Waals surface area contributed by atoms with Crippen LogP contribution in [0.25, 0.3) is 6.08 Å². The van der Waals surface area contributed by atoms with Crippen molar-refractivity contribution >= 4 is 86.8 Å². The van der Waals surface area contributed by atoms with E-state index in [1.54, 1.807) is 73.7 Å². The number of fused-ring (bicyclic) bond motifs is 1. The number of thioether (sulfide) groups is 1. The molecule has 0 bridgehead atoms. The zero-order valence-electron chi connectivity index (χ0n) is 29.2. The first-order chi connectivity index (χ1) is 26.2. The Kier molecular flexibility index (Phi) is 13.2. The SMILES string of the molecule is CCOC(=O)c1c(NC(=O)CSc2cccc(NC(=O)/C(=C\c3ccc(Cl)cc3Cl)NC(=O)c3ccccc3)c2)sc2c1CCN(Cc1ccccc1)C2. The Morgan fingerprint density at radius 1 is 0.907 bits per heavy atom. The molecule has 54 heavy (non-hydrogen) atoms. The molecule has 0 fully saturated rings. The van der Waals surface area contributed by atoms with E-state index in [4.69, 9.17) is 27.9 Å². The maximum atomic E-state index is 13.6. The molecule has 4 aromatic carbocycles. The van der Waals surface area contributed by atoms with E-state index in [0.717, 1.165) is 28.4 Å². The Bertz CT molecular complexity index is 2190. The van der Waals surface area contributed by atoms with E-state index in [0.29, 0.717) is 50.4 Å². The molecule has 1 aliphatic heterocycles. The summed E-state index contributed by atoms with van der Waals surface area (Å²) in [5.74, 6) is -1.73. The molecule has 0 spiro atoms. The van der Waals surface area contributed by atoms with Crippen molar-refractivity contribution < 1.29 is 23.9 Å². The van der Waals surface area contributed by atoms with Crippen LogP contribution in [0, 0.1) is 0 Å². The number of ether oxygens (including phenoxy) is 1. The highest BCUT2D eigenvalue weighted by Gasteiger charge is 2.29. The van der Waals surface area contributed by atoms with E-state index in [-0.39, 0.29) is 24.0 Å². The molecule has 0 aliphatic carbocycles. The van der Waals surface area contributed by atoms with Gasteiger partial charge in [-0.25, -0.2) is 4.79 Å². The number of rotatable bonds is 13. The quantitative estimate of drug-likeness (QED) is 0.0619. The highest BCUT2D eigenvalue weighted by molar-refractivity contribution is 8.00. The van der Waals surface area contributed by atoms with Gasteiger partial charge in [-0.3, -0.25) is 19.3 Å². The lowest BCUT2D eigenvalue weighted by Gasteiger charge is -2.27. The van der Waals surface area contributed by atoms with Gasteiger partial charge in [-0.1, -0.05) is 83.9 Å². The minimum atomic E-state index is -0.583. The van der Waals surface area contributed by atoms with Crippen LogP contribution in [0.1, 0.15) is 49.2 Å². The summed E-state index contributed by atoms with van der Waals surface area (Å²) < 4.78 is 5.40. The van der Waals surface area contributed by atoms with Crippen LogP contribution in [-0.4, -0.2) is 47.5 Å². The third-order valence-corrected chi connectivity index (χ3v) is 11.1. The lowest BCUT2D eigenvalue weighted by molar-refractivity contribution is -0.114. The number of halogens is 2. The molecule has 9 nitrogen and oxygen atoms in total. The molecule has 6 rings (SSSR count). The normalized spacial score (nSPS) is 12.8. The predicted molar refractivity (Wildman–Crippen MR) is 217 cm³/mol. The molecular formula is C41H36Cl2N4O5S2. The van der Waals surface area contributed by atoms with Crippen LogP contribution in [0.5, 0.6) is 0 Å². The second kappa shape index (κ2) is 18.4. The zero-order chi connectivity index (χ0) is 38.0. The van der Waals surface area contributed by atoms with Gasteiger partial charge in [0.15, 0.2) is 0 Å². The third kappa shape index (κ3) is 10.2. The van der Waals surface area contributed by atoms with E-state index in [1.165, 1.54) is 34.7 Å². The monoisotopic (exact) mass is 798 g/mol. The summed E-state index contributed by atoms with van der Waals surface area (Å²) in [6, 6.07) is 30.6. The van der Waals surface area contributed by atoms with Gasteiger partial charge in [-0.15, -0.1) is 23.1 Å². The average molecular weight is 800 g/mol. The molecule has 0 saturated carbocycles. The smallest absolute Gasteiger partial charge is 0.341 e. The Hall–Kier alpha value is -4.91. The van der Waals surface area contributed by atoms with Crippen LogP contribution >= 0.6 is 46.3 Å². The molecule has 0 saturated heterocycles. The van der Waals surface area contributed by atoms with Gasteiger partial charge >= 0.3 is 5.97 Å². The van der Waals surface area contributed by atoms with Crippen LogP contribution < -0.4 is 16.0 Å². The third-order valence-electron chi connectivity index (χ3n) is 8.37. The van der Waals surface area contributed by atoms with Gasteiger partial charge in [-0.05, 0) is 78.6 Å². The fourth-order valence-corrected chi connectivity index (χ4v) is 8.34. The maximum absolute atomic E-state index is 13.6. The second-order valence-corrected chi connectivity index (χ2v) is 15.2. The summed E-state index contributed by atoms with van der Waals surface area (Å²) in [6.45, 7) is 4.24. The van der Waals surface area contributed by atoms with E-state index in [9.17, 15) is 19.2 Å². The molecule has 13 heteroatoms. The number of benzene rings is 4. The number of esters is 1. The van der Waals surface area contributed by atoms with Gasteiger partial charge in [0.2, 0.25) is 5.91 Å². The van der Waals surface area contributed by atoms with Crippen LogP contribution in [0.2, 0.25) is 10.0 Å². The second-order valence-electron chi connectivity index (χ2n) is 12.2. The Morgan fingerprint density at radius 3 is 2.41 bits per heavy atom. The Labute approximate surface area is 331 Å². The van der Waals surface area contributed by atoms with Crippen molar-refractivity contribution in [3.63, 3.8) is 0 Å². The molecule has 0 radical (unpaired) electrons. The fourth-order valence-electron chi connectivity index (χ4n) is 5.83. The summed E-state index contributed by atoms with van der Waals surface area (Å²) in [5, 5.41) is 9.73. The largest absolute Gasteiger partial charge is 0.462 e. The lowest BCUT2D eigenvalue weighted by atomic mass is 10.0. The number of hydrogen-bond donors (Lipinski definition) is 3. The topological polar surface area (TPSA) is 117 Å². The van der Waals surface area contributed by atoms with E-state index in [2.05, 4.69) is 33.0 Å². The van der Waals surface area contributed by atoms with Crippen LogP contribution in [0.15, 0.2) is 114 Å². The van der Waals surface area contributed by atoms with Gasteiger partial charge in [-0.2, -0.15) is 0 Å². The van der Waals surface area contributed by atoms with E-state index < -0.39 is 17.8 Å². The molecule has 3 amide bonds. The van der Waals surface area contributed by atoms with Crippen LogP contribution in [0.4, 0.5) is 10.7 Å². The van der Waals surface area contributed by atoms with Crippen molar-refractivity contribution in [3.05, 3.63) is 152 Å². The Morgan fingerprint density at radius 2 is 1.67 bits per heavy atom. The number of amides is 3. The van der Waals surface area contributed by atoms with Crippen molar-refractivity contribution in [1.29, 1.82) is 0 Å². The molecule has 0 atom stereocenters. The number of anilines is 2. The first-order valence-corrected chi connectivity index (χ1v) is 19.7. The predicted octanol–water partition coefficient (Wildman–Crippen LogP) is 8.93. The molecule has 1 aliphatic rings. The average Bonchev–Trinajstić information content (AvgIpc) is 3.52. The number of nitrogens with one attached hydrogen (secondary N) is 3. The maximum Gasteiger partial charge on any atom is 0.341 e. The van der Waals surface area contributed by atoms with E-state index >= 15 is 0 Å². The molecule has 0 unspecified atom stereocenters. The van der Waals surface area contributed by atoms with Crippen LogP contribution in [0.3, 0.4) is 0 Å². The number of hydrogen-bond acceptors (Lipinski definition) is 8. The van der Waals surface area contributed by atoms with Crippen molar-refractivity contribution in [2.75, 3.05) is 29.5 Å². The molecule has 1 aromatic heterocycles. The van der Waals surface area contributed by atoms with Crippen molar-refractivity contribution in [1.82, 2.24) is 10.2 Å². The Balaban J connectivity index is 1.13. The molecule has 3 N–H and O–H groups in total. The number of carbonyl (C=O) groups excluding carboxylic acids is 4. The molecular weight excluding hydrogens is 764 g/mol. The number of nitrogens with zero attached hydrogens (tertiary/aromatic N) is 1. The lowest BCUT2D eigenvalue weighted by Crippen LogP contribution is -2.30. The van der Waals surface area contributed by atoms with Gasteiger partial charge in [0.1, 0.15) is 10.7 Å². The summed E-state index contributed by atoms with van der Waals surface area (Å²) in [6.07, 6.45) is 2.15. The highest BCUT2D eigenvalue weighted by Crippen LogP contribution is 2.38. The highest BCUT2D eigenvalue weighted by atomic mass is 35.5. The summed E-state index contributed by atoms with van der Waals surface area (Å²) >= 11 is 15.1. The van der Waals surface area contributed by atoms with Crippen molar-refractivity contribution in [2.24, 2.45) is 0 Å². The molecule has 5 aromatic rings. The first-order valence-electron chi connectivity index (χ1n) is 17.1. The van der Waals surface area contributed by atoms with Gasteiger partial charge < -0.3 is 20.7 Å². The van der Waals surface area contributed by atoms with Gasteiger partial charge in [0.25, 0.3) is 11.8 Å². The zero-order valence-corrected chi connectivity index (χ0v) is 32.3. The summed E-state index contributed by atoms with van der Waals surface area (Å²) in [5.41, 5.74) is 3.84. The minimum absolute atomic E-state index is 0.0373. The minimum Gasteiger partial charge on any atom is -0.462 e. The van der Waals surface area contributed by atoms with Crippen LogP contribution in [-0.2, 0) is 33.8 Å².